The molecule has 0 saturated carbocycles. The largest absolute Gasteiger partial charge is 0.416 e. The van der Waals surface area contributed by atoms with Crippen molar-refractivity contribution in [2.24, 2.45) is 0 Å². The van der Waals surface area contributed by atoms with E-state index in [4.69, 9.17) is 4.18 Å². The Balaban J connectivity index is 2.13. The summed E-state index contributed by atoms with van der Waals surface area (Å²) in [7, 11) is -4.02. The molecule has 1 aromatic rings. The number of benzene rings is 1. The third kappa shape index (κ3) is 3.71. The van der Waals surface area contributed by atoms with E-state index in [1.54, 1.807) is 0 Å². The number of halogens is 3. The Morgan fingerprint density at radius 2 is 1.65 bits per heavy atom. The predicted octanol–water partition coefficient (Wildman–Crippen LogP) is 2.16. The van der Waals surface area contributed by atoms with E-state index in [9.17, 15) is 21.6 Å². The van der Waals surface area contributed by atoms with E-state index in [1.165, 1.54) is 0 Å². The maximum atomic E-state index is 12.4. The lowest BCUT2D eigenvalue weighted by Crippen LogP contribution is -2.33. The summed E-state index contributed by atoms with van der Waals surface area (Å²) in [6, 6.07) is 3.30. The molecule has 0 unspecified atom stereocenters. The number of hydrogen-bond donors (Lipinski definition) is 1. The number of piperidine rings is 1. The Bertz CT molecular complexity index is 548. The molecule has 1 saturated heterocycles. The second-order valence-corrected chi connectivity index (χ2v) is 6.09. The smallest absolute Gasteiger partial charge is 0.317 e. The van der Waals surface area contributed by atoms with Crippen molar-refractivity contribution in [3.05, 3.63) is 29.8 Å². The second kappa shape index (κ2) is 5.71. The monoisotopic (exact) mass is 309 g/mol. The van der Waals surface area contributed by atoms with Crippen molar-refractivity contribution in [2.75, 3.05) is 13.1 Å². The van der Waals surface area contributed by atoms with Crippen molar-refractivity contribution in [3.8, 4) is 0 Å². The molecule has 0 bridgehead atoms. The third-order valence-corrected chi connectivity index (χ3v) is 4.39. The fourth-order valence-corrected chi connectivity index (χ4v) is 3.07. The van der Waals surface area contributed by atoms with Gasteiger partial charge in [-0.05, 0) is 50.2 Å². The fraction of sp³-hybridized carbons (Fsp3) is 0.500. The van der Waals surface area contributed by atoms with Crippen LogP contribution < -0.4 is 5.32 Å². The molecule has 0 aromatic heterocycles. The van der Waals surface area contributed by atoms with Gasteiger partial charge in [-0.2, -0.15) is 21.6 Å². The van der Waals surface area contributed by atoms with E-state index in [0.717, 1.165) is 24.3 Å². The first-order valence-corrected chi connectivity index (χ1v) is 7.51. The van der Waals surface area contributed by atoms with Gasteiger partial charge in [-0.15, -0.1) is 0 Å². The van der Waals surface area contributed by atoms with Gasteiger partial charge in [-0.3, -0.25) is 4.18 Å². The molecule has 1 fully saturated rings. The maximum Gasteiger partial charge on any atom is 0.416 e. The van der Waals surface area contributed by atoms with E-state index in [0.29, 0.717) is 25.9 Å². The highest BCUT2D eigenvalue weighted by molar-refractivity contribution is 7.86. The van der Waals surface area contributed by atoms with Crippen molar-refractivity contribution in [1.29, 1.82) is 0 Å². The van der Waals surface area contributed by atoms with Crippen LogP contribution in [0, 0.1) is 0 Å². The average molecular weight is 309 g/mol. The molecule has 0 aliphatic carbocycles. The molecule has 112 valence electrons. The fourth-order valence-electron chi connectivity index (χ4n) is 1.94. The van der Waals surface area contributed by atoms with Crippen LogP contribution in [0.15, 0.2) is 29.2 Å². The first kappa shape index (κ1) is 15.3. The Morgan fingerprint density at radius 1 is 1.10 bits per heavy atom. The normalized spacial score (nSPS) is 18.1. The number of nitrogens with one attached hydrogen (secondary N) is 1. The molecule has 1 aromatic carbocycles. The molecule has 20 heavy (non-hydrogen) atoms. The van der Waals surface area contributed by atoms with Gasteiger partial charge >= 0.3 is 6.18 Å². The SMILES string of the molecule is O=S(=O)(OC1CCNCC1)c1ccc(C(F)(F)F)cc1. The zero-order valence-corrected chi connectivity index (χ0v) is 11.3. The second-order valence-electron chi connectivity index (χ2n) is 4.52. The van der Waals surface area contributed by atoms with Gasteiger partial charge in [0.05, 0.1) is 16.6 Å². The van der Waals surface area contributed by atoms with Gasteiger partial charge < -0.3 is 5.32 Å². The summed E-state index contributed by atoms with van der Waals surface area (Å²) < 4.78 is 66.1. The maximum absolute atomic E-state index is 12.4. The quantitative estimate of drug-likeness (QED) is 0.869. The van der Waals surface area contributed by atoms with Gasteiger partial charge in [0.15, 0.2) is 0 Å². The van der Waals surface area contributed by atoms with E-state index in [-0.39, 0.29) is 4.90 Å². The summed E-state index contributed by atoms with van der Waals surface area (Å²) in [5.74, 6) is 0. The number of alkyl halides is 3. The van der Waals surface area contributed by atoms with E-state index in [1.807, 2.05) is 0 Å². The Hall–Kier alpha value is -1.12. The molecule has 4 nitrogen and oxygen atoms in total. The predicted molar refractivity (Wildman–Crippen MR) is 65.6 cm³/mol. The molecule has 1 heterocycles. The Morgan fingerprint density at radius 3 is 2.15 bits per heavy atom. The van der Waals surface area contributed by atoms with Crippen LogP contribution >= 0.6 is 0 Å². The summed E-state index contributed by atoms with van der Waals surface area (Å²) in [5, 5.41) is 3.06. The summed E-state index contributed by atoms with van der Waals surface area (Å²) in [6.45, 7) is 1.32. The van der Waals surface area contributed by atoms with Crippen LogP contribution in [0.5, 0.6) is 0 Å². The van der Waals surface area contributed by atoms with E-state index in [2.05, 4.69) is 5.32 Å². The first-order valence-electron chi connectivity index (χ1n) is 6.10. The van der Waals surface area contributed by atoms with Gasteiger partial charge in [0, 0.05) is 0 Å². The highest BCUT2D eigenvalue weighted by atomic mass is 32.2. The molecule has 0 spiro atoms. The molecule has 1 N–H and O–H groups in total. The van der Waals surface area contributed by atoms with Gasteiger partial charge in [0.2, 0.25) is 0 Å². The van der Waals surface area contributed by atoms with Crippen molar-refractivity contribution >= 4 is 10.1 Å². The Kier molecular flexibility index (Phi) is 4.36. The molecule has 1 aliphatic rings. The molecule has 1 aliphatic heterocycles. The zero-order valence-electron chi connectivity index (χ0n) is 10.5. The molecule has 0 radical (unpaired) electrons. The van der Waals surface area contributed by atoms with Crippen LogP contribution in [-0.2, 0) is 20.5 Å². The van der Waals surface area contributed by atoms with E-state index >= 15 is 0 Å². The van der Waals surface area contributed by atoms with Crippen molar-refractivity contribution in [1.82, 2.24) is 5.32 Å². The topological polar surface area (TPSA) is 55.4 Å². The highest BCUT2D eigenvalue weighted by Gasteiger charge is 2.31. The molecule has 2 rings (SSSR count). The van der Waals surface area contributed by atoms with Crippen LogP contribution in [0.2, 0.25) is 0 Å². The average Bonchev–Trinajstić information content (AvgIpc) is 2.38. The van der Waals surface area contributed by atoms with Crippen LogP contribution in [0.4, 0.5) is 13.2 Å². The van der Waals surface area contributed by atoms with E-state index < -0.39 is 28.0 Å². The van der Waals surface area contributed by atoms with Gasteiger partial charge in [0.1, 0.15) is 0 Å². The van der Waals surface area contributed by atoms with Crippen molar-refractivity contribution in [2.45, 2.75) is 30.0 Å². The number of rotatable bonds is 3. The van der Waals surface area contributed by atoms with Crippen LogP contribution in [0.3, 0.4) is 0 Å². The minimum Gasteiger partial charge on any atom is -0.317 e. The summed E-state index contributed by atoms with van der Waals surface area (Å²) >= 11 is 0. The lowest BCUT2D eigenvalue weighted by molar-refractivity contribution is -0.137. The molecular formula is C12H14F3NO3S. The highest BCUT2D eigenvalue weighted by Crippen LogP contribution is 2.30. The van der Waals surface area contributed by atoms with Crippen molar-refractivity contribution in [3.63, 3.8) is 0 Å². The summed E-state index contributed by atoms with van der Waals surface area (Å²) in [5.41, 5.74) is -0.890. The van der Waals surface area contributed by atoms with Crippen molar-refractivity contribution < 1.29 is 25.8 Å². The van der Waals surface area contributed by atoms with Crippen LogP contribution in [0.25, 0.3) is 0 Å². The summed E-state index contributed by atoms with van der Waals surface area (Å²) in [4.78, 5) is -0.260. The lowest BCUT2D eigenvalue weighted by atomic mass is 10.1. The summed E-state index contributed by atoms with van der Waals surface area (Å²) in [6.07, 6.45) is -3.80. The zero-order chi connectivity index (χ0) is 14.8. The molecule has 8 heteroatoms. The standard InChI is InChI=1S/C12H14F3NO3S/c13-12(14,15)9-1-3-11(4-2-9)20(17,18)19-10-5-7-16-8-6-10/h1-4,10,16H,5-8H2. The molecule has 0 amide bonds. The molecular weight excluding hydrogens is 295 g/mol. The minimum absolute atomic E-state index is 0.260. The Labute approximate surface area is 115 Å². The number of hydrogen-bond acceptors (Lipinski definition) is 4. The lowest BCUT2D eigenvalue weighted by Gasteiger charge is -2.22. The van der Waals surface area contributed by atoms with Gasteiger partial charge in [0.25, 0.3) is 10.1 Å². The van der Waals surface area contributed by atoms with Crippen LogP contribution in [0.1, 0.15) is 18.4 Å². The van der Waals surface area contributed by atoms with Gasteiger partial charge in [-0.25, -0.2) is 0 Å². The van der Waals surface area contributed by atoms with Gasteiger partial charge in [-0.1, -0.05) is 0 Å². The minimum atomic E-state index is -4.49. The first-order chi connectivity index (χ1) is 9.29. The third-order valence-electron chi connectivity index (χ3n) is 3.02. The van der Waals surface area contributed by atoms with Crippen LogP contribution in [-0.4, -0.2) is 27.6 Å². The molecule has 0 atom stereocenters.